The van der Waals surface area contributed by atoms with Crippen molar-refractivity contribution in [3.8, 4) is 0 Å². The molecule has 78 heavy (non-hydrogen) atoms. The normalized spacial score (nSPS) is 13.6. The van der Waals surface area contributed by atoms with Gasteiger partial charge in [0.1, 0.15) is 19.8 Å². The summed E-state index contributed by atoms with van der Waals surface area (Å²) >= 11 is 0. The molecule has 0 saturated heterocycles. The number of phosphoric ester groups is 1. The Morgan fingerprint density at radius 1 is 0.410 bits per heavy atom. The number of quaternary nitrogens is 1. The van der Waals surface area contributed by atoms with Crippen LogP contribution in [-0.4, -0.2) is 74.9 Å². The van der Waals surface area contributed by atoms with Gasteiger partial charge in [0, 0.05) is 12.8 Å². The molecule has 0 aromatic heterocycles. The average Bonchev–Trinajstić information content (AvgIpc) is 3.40. The summed E-state index contributed by atoms with van der Waals surface area (Å²) in [5.41, 5.74) is 0. The van der Waals surface area contributed by atoms with Crippen LogP contribution in [0.1, 0.15) is 309 Å². The summed E-state index contributed by atoms with van der Waals surface area (Å²) in [6, 6.07) is 0. The molecule has 0 saturated carbocycles. The van der Waals surface area contributed by atoms with Gasteiger partial charge in [-0.05, 0) is 64.2 Å². The van der Waals surface area contributed by atoms with E-state index in [2.05, 4.69) is 62.5 Å². The Morgan fingerprint density at radius 2 is 0.756 bits per heavy atom. The van der Waals surface area contributed by atoms with E-state index in [0.717, 1.165) is 44.9 Å². The highest BCUT2D eigenvalue weighted by atomic mass is 31.2. The van der Waals surface area contributed by atoms with E-state index in [-0.39, 0.29) is 32.0 Å². The molecule has 0 aliphatic rings. The first-order chi connectivity index (χ1) is 38.0. The van der Waals surface area contributed by atoms with E-state index in [9.17, 15) is 19.0 Å². The van der Waals surface area contributed by atoms with E-state index >= 15 is 0 Å². The molecule has 0 spiro atoms. The molecule has 2 unspecified atom stereocenters. The molecule has 0 aromatic rings. The van der Waals surface area contributed by atoms with Crippen molar-refractivity contribution in [3.63, 3.8) is 0 Å². The fourth-order valence-corrected chi connectivity index (χ4v) is 10.2. The zero-order chi connectivity index (χ0) is 57.0. The Kier molecular flexibility index (Phi) is 57.6. The second-order valence-electron chi connectivity index (χ2n) is 23.5. The molecule has 0 rings (SSSR count). The minimum Gasteiger partial charge on any atom is -0.462 e. The van der Waals surface area contributed by atoms with Gasteiger partial charge < -0.3 is 18.9 Å². The highest BCUT2D eigenvalue weighted by Crippen LogP contribution is 2.43. The lowest BCUT2D eigenvalue weighted by molar-refractivity contribution is -0.870. The van der Waals surface area contributed by atoms with Crippen molar-refractivity contribution < 1.29 is 42.1 Å². The fourth-order valence-electron chi connectivity index (χ4n) is 9.50. The second kappa shape index (κ2) is 59.3. The molecule has 9 nitrogen and oxygen atoms in total. The van der Waals surface area contributed by atoms with Gasteiger partial charge in [-0.3, -0.25) is 18.6 Å². The number of unbranched alkanes of at least 4 members (excludes halogenated alkanes) is 37. The number of hydrogen-bond acceptors (Lipinski definition) is 7. The smallest absolute Gasteiger partial charge is 0.462 e. The van der Waals surface area contributed by atoms with Crippen molar-refractivity contribution in [2.45, 2.75) is 315 Å². The Morgan fingerprint density at radius 3 is 1.14 bits per heavy atom. The van der Waals surface area contributed by atoms with E-state index in [0.29, 0.717) is 17.4 Å². The standard InChI is InChI=1S/C68H126NO8P/c1-6-8-10-12-14-16-18-20-21-22-23-24-25-26-27-28-29-30-31-32-33-34-35-36-37-38-39-40-41-42-43-44-45-46-47-49-50-52-54-56-58-60-67(70)74-64-66(65-76-78(72,73)75-63-62-69(3,4)5)77-68(71)61-59-57-55-53-51-48-19-17-15-13-11-9-7-2/h9,11,15,17,22-23,48,51,55,57,66H,6-8,10,12-14,16,18-21,24-47,49-50,52-54,56,58-65H2,1-5H3/p+1/b11-9-,17-15-,23-22-,51-48-,57-55-. The third-order valence-corrected chi connectivity index (χ3v) is 15.5. The van der Waals surface area contributed by atoms with Crippen LogP contribution < -0.4 is 0 Å². The topological polar surface area (TPSA) is 108 Å². The summed E-state index contributed by atoms with van der Waals surface area (Å²) in [5, 5.41) is 0. The number of esters is 2. The number of likely N-dealkylation sites (N-methyl/N-ethyl adjacent to an activating group) is 1. The Hall–Kier alpha value is -2.29. The van der Waals surface area contributed by atoms with E-state index in [1.54, 1.807) is 0 Å². The van der Waals surface area contributed by atoms with E-state index in [1.165, 1.54) is 231 Å². The highest BCUT2D eigenvalue weighted by molar-refractivity contribution is 7.47. The molecule has 0 aliphatic heterocycles. The Balaban J connectivity index is 3.83. The van der Waals surface area contributed by atoms with Gasteiger partial charge in [0.05, 0.1) is 27.7 Å². The quantitative estimate of drug-likeness (QED) is 0.0211. The van der Waals surface area contributed by atoms with Crippen molar-refractivity contribution in [1.29, 1.82) is 0 Å². The van der Waals surface area contributed by atoms with Crippen LogP contribution in [0.2, 0.25) is 0 Å². The number of carbonyl (C=O) groups excluding carboxylic acids is 2. The van der Waals surface area contributed by atoms with E-state index in [1.807, 2.05) is 33.3 Å². The number of nitrogens with zero attached hydrogens (tertiary/aromatic N) is 1. The molecular weight excluding hydrogens is 990 g/mol. The second-order valence-corrected chi connectivity index (χ2v) is 24.9. The molecule has 0 heterocycles. The van der Waals surface area contributed by atoms with Gasteiger partial charge in [-0.2, -0.15) is 0 Å². The van der Waals surface area contributed by atoms with Crippen LogP contribution in [0.4, 0.5) is 0 Å². The maximum Gasteiger partial charge on any atom is 0.472 e. The van der Waals surface area contributed by atoms with Crippen LogP contribution in [-0.2, 0) is 32.7 Å². The number of phosphoric acid groups is 1. The Labute approximate surface area is 483 Å². The zero-order valence-corrected chi connectivity index (χ0v) is 52.8. The maximum absolute atomic E-state index is 12.7. The van der Waals surface area contributed by atoms with Gasteiger partial charge in [-0.15, -0.1) is 0 Å². The predicted molar refractivity (Wildman–Crippen MR) is 335 cm³/mol. The number of ether oxygens (including phenoxy) is 2. The first-order valence-corrected chi connectivity index (χ1v) is 34.5. The van der Waals surface area contributed by atoms with Crippen LogP contribution >= 0.6 is 7.82 Å². The number of carbonyl (C=O) groups is 2. The van der Waals surface area contributed by atoms with Crippen LogP contribution in [0.3, 0.4) is 0 Å². The van der Waals surface area contributed by atoms with Crippen molar-refractivity contribution in [2.24, 2.45) is 0 Å². The van der Waals surface area contributed by atoms with Crippen LogP contribution in [0.5, 0.6) is 0 Å². The lowest BCUT2D eigenvalue weighted by Crippen LogP contribution is -2.37. The third-order valence-electron chi connectivity index (χ3n) is 14.5. The van der Waals surface area contributed by atoms with Crippen molar-refractivity contribution in [2.75, 3.05) is 47.5 Å². The van der Waals surface area contributed by atoms with Crippen molar-refractivity contribution in [3.05, 3.63) is 60.8 Å². The predicted octanol–water partition coefficient (Wildman–Crippen LogP) is 21.0. The van der Waals surface area contributed by atoms with E-state index < -0.39 is 26.5 Å². The van der Waals surface area contributed by atoms with Crippen molar-refractivity contribution >= 4 is 19.8 Å². The number of rotatable bonds is 61. The average molecular weight is 1120 g/mol. The zero-order valence-electron chi connectivity index (χ0n) is 51.9. The fraction of sp³-hybridized carbons (Fsp3) is 0.824. The lowest BCUT2D eigenvalue weighted by atomic mass is 10.0. The van der Waals surface area contributed by atoms with Crippen LogP contribution in [0.25, 0.3) is 0 Å². The molecule has 0 fully saturated rings. The molecule has 456 valence electrons. The van der Waals surface area contributed by atoms with Gasteiger partial charge >= 0.3 is 19.8 Å². The molecule has 2 atom stereocenters. The Bertz CT molecular complexity index is 1500. The molecule has 0 radical (unpaired) electrons. The highest BCUT2D eigenvalue weighted by Gasteiger charge is 2.27. The number of allylic oxidation sites excluding steroid dienone is 10. The SMILES string of the molecule is CC/C=C\C/C=C\C/C=C\C/C=C\CCC(=O)OC(COC(=O)CCCCCCCCCCCCCCCCCCCCCCCCCCCCCCC/C=C\CCCCCCCCCC)COP(=O)(O)OCC[N+](C)(C)C. The van der Waals surface area contributed by atoms with Gasteiger partial charge in [0.25, 0.3) is 0 Å². The van der Waals surface area contributed by atoms with Crippen LogP contribution in [0.15, 0.2) is 60.8 Å². The third kappa shape index (κ3) is 62.9. The summed E-state index contributed by atoms with van der Waals surface area (Å²) < 4.78 is 34.4. The minimum atomic E-state index is -4.40. The molecular formula is C68H127NO8P+. The monoisotopic (exact) mass is 1120 g/mol. The summed E-state index contributed by atoms with van der Waals surface area (Å²) in [5.74, 6) is -0.884. The summed E-state index contributed by atoms with van der Waals surface area (Å²) in [6.45, 7) is 4.25. The summed E-state index contributed by atoms with van der Waals surface area (Å²) in [7, 11) is 1.44. The largest absolute Gasteiger partial charge is 0.472 e. The first kappa shape index (κ1) is 75.7. The molecule has 0 bridgehead atoms. The molecule has 10 heteroatoms. The molecule has 0 aliphatic carbocycles. The van der Waals surface area contributed by atoms with Crippen LogP contribution in [0, 0.1) is 0 Å². The van der Waals surface area contributed by atoms with Gasteiger partial charge in [-0.1, -0.05) is 293 Å². The van der Waals surface area contributed by atoms with Gasteiger partial charge in [0.15, 0.2) is 6.10 Å². The van der Waals surface area contributed by atoms with E-state index in [4.69, 9.17) is 18.5 Å². The summed E-state index contributed by atoms with van der Waals surface area (Å²) in [6.07, 6.45) is 78.2. The minimum absolute atomic E-state index is 0.0187. The van der Waals surface area contributed by atoms with Crippen molar-refractivity contribution in [1.82, 2.24) is 0 Å². The molecule has 0 amide bonds. The lowest BCUT2D eigenvalue weighted by Gasteiger charge is -2.24. The molecule has 1 N–H and O–H groups in total. The van der Waals surface area contributed by atoms with Gasteiger partial charge in [0.2, 0.25) is 0 Å². The number of hydrogen-bond donors (Lipinski definition) is 1. The van der Waals surface area contributed by atoms with Gasteiger partial charge in [-0.25, -0.2) is 4.57 Å². The first-order valence-electron chi connectivity index (χ1n) is 33.0. The maximum atomic E-state index is 12.7. The molecule has 0 aromatic carbocycles. The summed E-state index contributed by atoms with van der Waals surface area (Å²) in [4.78, 5) is 35.6.